The molecule has 1 amide bonds. The van der Waals surface area contributed by atoms with Gasteiger partial charge in [-0.15, -0.1) is 11.8 Å². The van der Waals surface area contributed by atoms with Gasteiger partial charge in [-0.3, -0.25) is 9.69 Å². The minimum Gasteiger partial charge on any atom is -0.497 e. The Balaban J connectivity index is 1.65. The quantitative estimate of drug-likeness (QED) is 0.787. The van der Waals surface area contributed by atoms with Gasteiger partial charge in [-0.25, -0.2) is 0 Å². The number of thiocarbonyl (C=S) groups is 1. The second-order valence-corrected chi connectivity index (χ2v) is 7.15. The lowest BCUT2D eigenvalue weighted by Gasteiger charge is -2.25. The average Bonchev–Trinajstić information content (AvgIpc) is 3.17. The third kappa shape index (κ3) is 2.37. The lowest BCUT2D eigenvalue weighted by Crippen LogP contribution is -2.33. The molecule has 2 saturated heterocycles. The van der Waals surface area contributed by atoms with E-state index in [0.29, 0.717) is 5.11 Å². The molecule has 0 unspecified atom stereocenters. The number of nitrogens with zero attached hydrogens (tertiary/aromatic N) is 2. The molecule has 2 atom stereocenters. The Labute approximate surface area is 150 Å². The van der Waals surface area contributed by atoms with Gasteiger partial charge in [0, 0.05) is 5.75 Å². The summed E-state index contributed by atoms with van der Waals surface area (Å²) in [5, 5.41) is 0.646. The molecular weight excluding hydrogens is 340 g/mol. The second kappa shape index (κ2) is 6.11. The highest BCUT2D eigenvalue weighted by Crippen LogP contribution is 2.46. The normalized spacial score (nSPS) is 22.9. The van der Waals surface area contributed by atoms with Crippen molar-refractivity contribution in [1.29, 1.82) is 0 Å². The van der Waals surface area contributed by atoms with Crippen LogP contribution in [0.2, 0.25) is 0 Å². The van der Waals surface area contributed by atoms with E-state index in [0.717, 1.165) is 22.8 Å². The maximum Gasteiger partial charge on any atom is 0.257 e. The number of thioether (sulfide) groups is 1. The molecule has 0 aliphatic carbocycles. The van der Waals surface area contributed by atoms with Gasteiger partial charge in [-0.1, -0.05) is 30.3 Å². The molecule has 0 spiro atoms. The topological polar surface area (TPSA) is 32.8 Å². The van der Waals surface area contributed by atoms with E-state index in [2.05, 4.69) is 4.90 Å². The zero-order valence-corrected chi connectivity index (χ0v) is 14.7. The highest BCUT2D eigenvalue weighted by molar-refractivity contribution is 7.99. The number of anilines is 1. The predicted molar refractivity (Wildman–Crippen MR) is 100 cm³/mol. The van der Waals surface area contributed by atoms with Crippen LogP contribution in [-0.4, -0.2) is 34.8 Å². The van der Waals surface area contributed by atoms with Crippen molar-refractivity contribution < 1.29 is 9.53 Å². The molecule has 0 radical (unpaired) electrons. The number of hydrogen-bond acceptors (Lipinski definition) is 4. The largest absolute Gasteiger partial charge is 0.497 e. The Morgan fingerprint density at radius 3 is 2.50 bits per heavy atom. The average molecular weight is 356 g/mol. The van der Waals surface area contributed by atoms with Crippen LogP contribution < -0.4 is 9.64 Å². The minimum absolute atomic E-state index is 0.0612. The summed E-state index contributed by atoms with van der Waals surface area (Å²) in [6, 6.07) is 17.4. The molecule has 122 valence electrons. The van der Waals surface area contributed by atoms with E-state index in [9.17, 15) is 4.79 Å². The van der Waals surface area contributed by atoms with Crippen molar-refractivity contribution in [2.45, 2.75) is 11.4 Å². The first-order valence-electron chi connectivity index (χ1n) is 7.67. The van der Waals surface area contributed by atoms with Gasteiger partial charge >= 0.3 is 0 Å². The number of methoxy groups -OCH3 is 1. The lowest BCUT2D eigenvalue weighted by molar-refractivity contribution is -0.119. The van der Waals surface area contributed by atoms with Gasteiger partial charge in [-0.2, -0.15) is 0 Å². The molecule has 2 heterocycles. The fraction of sp³-hybridized carbons (Fsp3) is 0.222. The van der Waals surface area contributed by atoms with Crippen molar-refractivity contribution in [3.05, 3.63) is 60.2 Å². The summed E-state index contributed by atoms with van der Waals surface area (Å²) in [5.41, 5.74) is 1.97. The van der Waals surface area contributed by atoms with Crippen LogP contribution in [0.25, 0.3) is 0 Å². The first-order chi connectivity index (χ1) is 11.7. The Kier molecular flexibility index (Phi) is 3.94. The molecular formula is C18H16N2O2S2. The first kappa shape index (κ1) is 15.5. The second-order valence-electron chi connectivity index (χ2n) is 5.67. The molecule has 0 aromatic heterocycles. The number of amides is 1. The molecule has 4 nitrogen and oxygen atoms in total. The Morgan fingerprint density at radius 2 is 1.83 bits per heavy atom. The predicted octanol–water partition coefficient (Wildman–Crippen LogP) is 3.44. The smallest absolute Gasteiger partial charge is 0.257 e. The van der Waals surface area contributed by atoms with Crippen LogP contribution in [0.15, 0.2) is 54.6 Å². The maximum absolute atomic E-state index is 12.8. The van der Waals surface area contributed by atoms with E-state index < -0.39 is 0 Å². The summed E-state index contributed by atoms with van der Waals surface area (Å²) in [5.74, 6) is 1.64. The molecule has 2 aromatic rings. The Morgan fingerprint density at radius 1 is 1.12 bits per heavy atom. The summed E-state index contributed by atoms with van der Waals surface area (Å²) in [7, 11) is 1.65. The minimum atomic E-state index is -0.185. The van der Waals surface area contributed by atoms with Gasteiger partial charge in [0.15, 0.2) is 5.11 Å². The summed E-state index contributed by atoms with van der Waals surface area (Å²) in [6.07, 6.45) is 0. The molecule has 6 heteroatoms. The maximum atomic E-state index is 12.8. The summed E-state index contributed by atoms with van der Waals surface area (Å²) >= 11 is 7.41. The van der Waals surface area contributed by atoms with Crippen molar-refractivity contribution in [3.63, 3.8) is 0 Å². The SMILES string of the molecule is COc1ccc([C@H]2SC[C@@H]3C(=O)N(c4ccccc4)C(=S)N32)cc1. The number of hydrogen-bond donors (Lipinski definition) is 0. The van der Waals surface area contributed by atoms with Crippen LogP contribution in [0.3, 0.4) is 0 Å². The van der Waals surface area contributed by atoms with Crippen LogP contribution >= 0.6 is 24.0 Å². The third-order valence-corrected chi connectivity index (χ3v) is 6.05. The molecule has 2 aliphatic heterocycles. The first-order valence-corrected chi connectivity index (χ1v) is 9.13. The highest BCUT2D eigenvalue weighted by Gasteiger charge is 2.50. The fourth-order valence-electron chi connectivity index (χ4n) is 3.13. The third-order valence-electron chi connectivity index (χ3n) is 4.33. The van der Waals surface area contributed by atoms with Crippen LogP contribution in [0, 0.1) is 0 Å². The monoisotopic (exact) mass is 356 g/mol. The molecule has 2 fully saturated rings. The fourth-order valence-corrected chi connectivity index (χ4v) is 5.05. The number of para-hydroxylation sites is 1. The zero-order valence-electron chi connectivity index (χ0n) is 13.1. The van der Waals surface area contributed by atoms with Crippen molar-refractivity contribution in [1.82, 2.24) is 4.90 Å². The van der Waals surface area contributed by atoms with E-state index >= 15 is 0 Å². The van der Waals surface area contributed by atoms with Crippen LogP contribution in [0.4, 0.5) is 5.69 Å². The van der Waals surface area contributed by atoms with Gasteiger partial charge in [0.25, 0.3) is 5.91 Å². The van der Waals surface area contributed by atoms with Gasteiger partial charge in [0.2, 0.25) is 0 Å². The molecule has 4 rings (SSSR count). The Hall–Kier alpha value is -2.05. The van der Waals surface area contributed by atoms with Gasteiger partial charge in [0.05, 0.1) is 12.8 Å². The van der Waals surface area contributed by atoms with E-state index in [4.69, 9.17) is 17.0 Å². The van der Waals surface area contributed by atoms with Crippen molar-refractivity contribution in [2.24, 2.45) is 0 Å². The molecule has 2 aliphatic rings. The number of fused-ring (bicyclic) bond motifs is 1. The number of carbonyl (C=O) groups is 1. The number of benzene rings is 2. The molecule has 0 N–H and O–H groups in total. The molecule has 24 heavy (non-hydrogen) atoms. The van der Waals surface area contributed by atoms with E-state index in [1.165, 1.54) is 0 Å². The van der Waals surface area contributed by atoms with Gasteiger partial charge < -0.3 is 9.64 Å². The van der Waals surface area contributed by atoms with E-state index in [1.54, 1.807) is 23.8 Å². The molecule has 0 saturated carbocycles. The van der Waals surface area contributed by atoms with Gasteiger partial charge in [0.1, 0.15) is 17.2 Å². The van der Waals surface area contributed by atoms with Crippen molar-refractivity contribution in [2.75, 3.05) is 17.8 Å². The molecule has 0 bridgehead atoms. The summed E-state index contributed by atoms with van der Waals surface area (Å²) in [6.45, 7) is 0. The van der Waals surface area contributed by atoms with Crippen LogP contribution in [0.1, 0.15) is 10.9 Å². The lowest BCUT2D eigenvalue weighted by atomic mass is 10.2. The van der Waals surface area contributed by atoms with Gasteiger partial charge in [-0.05, 0) is 42.0 Å². The number of rotatable bonds is 3. The van der Waals surface area contributed by atoms with Crippen molar-refractivity contribution >= 4 is 40.7 Å². The van der Waals surface area contributed by atoms with E-state index in [1.807, 2.05) is 54.6 Å². The standard InChI is InChI=1S/C18H16N2O2S2/c1-22-14-9-7-12(8-10-14)17-20-15(11-24-17)16(21)19(18(20)23)13-5-3-2-4-6-13/h2-10,15,17H,11H2,1H3/t15-,17-/m1/s1. The van der Waals surface area contributed by atoms with Crippen molar-refractivity contribution in [3.8, 4) is 5.75 Å². The zero-order chi connectivity index (χ0) is 16.7. The Bertz CT molecular complexity index is 779. The number of ether oxygens (including phenoxy) is 1. The summed E-state index contributed by atoms with van der Waals surface area (Å²) < 4.78 is 5.22. The van der Waals surface area contributed by atoms with Crippen LogP contribution in [0.5, 0.6) is 5.75 Å². The van der Waals surface area contributed by atoms with Crippen LogP contribution in [-0.2, 0) is 4.79 Å². The highest BCUT2D eigenvalue weighted by atomic mass is 32.2. The number of carbonyl (C=O) groups excluding carboxylic acids is 1. The summed E-state index contributed by atoms with van der Waals surface area (Å²) in [4.78, 5) is 16.6. The van der Waals surface area contributed by atoms with E-state index in [-0.39, 0.29) is 17.3 Å². The molecule has 2 aromatic carbocycles.